The first kappa shape index (κ1) is 20.9. The van der Waals surface area contributed by atoms with Crippen LogP contribution < -0.4 is 9.80 Å². The van der Waals surface area contributed by atoms with E-state index in [0.29, 0.717) is 13.0 Å². The van der Waals surface area contributed by atoms with Gasteiger partial charge in [0.2, 0.25) is 5.91 Å². The molecule has 1 aliphatic carbocycles. The standard InChI is InChI=1S/C25H30N4O3/c1-3-32-24(31)25(8-9-25)29-12-10-28(11-13-29)21-15-20(16-26-17-21)18-4-6-22-19(14-18)5-7-23(30)27(22)2/h4,6,14-17H,3,5,7-13H2,1-2H3. The minimum absolute atomic E-state index is 0.0585. The third kappa shape index (κ3) is 3.64. The fraction of sp³-hybridized carbons (Fsp3) is 0.480. The normalized spacial score (nSPS) is 20.1. The van der Waals surface area contributed by atoms with E-state index in [1.54, 1.807) is 4.90 Å². The molecule has 0 N–H and O–H groups in total. The van der Waals surface area contributed by atoms with Gasteiger partial charge in [0.15, 0.2) is 0 Å². The number of hydrogen-bond acceptors (Lipinski definition) is 6. The minimum atomic E-state index is -0.375. The van der Waals surface area contributed by atoms with Crippen LogP contribution in [0.3, 0.4) is 0 Å². The molecule has 1 saturated carbocycles. The maximum atomic E-state index is 12.4. The molecule has 7 nitrogen and oxygen atoms in total. The van der Waals surface area contributed by atoms with Gasteiger partial charge in [0.1, 0.15) is 5.54 Å². The molecule has 0 unspecified atom stereocenters. The Hall–Kier alpha value is -2.93. The Kier molecular flexibility index (Phi) is 5.37. The van der Waals surface area contributed by atoms with Crippen molar-refractivity contribution in [3.05, 3.63) is 42.2 Å². The van der Waals surface area contributed by atoms with Crippen LogP contribution in [0.1, 0.15) is 31.7 Å². The van der Waals surface area contributed by atoms with Gasteiger partial charge >= 0.3 is 5.97 Å². The SMILES string of the molecule is CCOC(=O)C1(N2CCN(c3cncc(-c4ccc5c(c4)CCC(=O)N5C)c3)CC2)CC1. The number of aryl methyl sites for hydroxylation is 1. The van der Waals surface area contributed by atoms with Crippen LogP contribution in [0.4, 0.5) is 11.4 Å². The molecule has 168 valence electrons. The van der Waals surface area contributed by atoms with Gasteiger partial charge in [-0.2, -0.15) is 0 Å². The lowest BCUT2D eigenvalue weighted by Gasteiger charge is -2.39. The van der Waals surface area contributed by atoms with Gasteiger partial charge in [-0.3, -0.25) is 19.5 Å². The molecule has 1 amide bonds. The predicted molar refractivity (Wildman–Crippen MR) is 124 cm³/mol. The van der Waals surface area contributed by atoms with E-state index < -0.39 is 0 Å². The summed E-state index contributed by atoms with van der Waals surface area (Å²) in [7, 11) is 1.84. The first-order valence-corrected chi connectivity index (χ1v) is 11.5. The Balaban J connectivity index is 1.30. The average molecular weight is 435 g/mol. The van der Waals surface area contributed by atoms with Gasteiger partial charge in [-0.15, -0.1) is 0 Å². The van der Waals surface area contributed by atoms with Crippen molar-refractivity contribution >= 4 is 23.3 Å². The number of nitrogens with zero attached hydrogens (tertiary/aromatic N) is 4. The number of anilines is 2. The van der Waals surface area contributed by atoms with E-state index in [0.717, 1.165) is 67.9 Å². The van der Waals surface area contributed by atoms with Gasteiger partial charge < -0.3 is 14.5 Å². The summed E-state index contributed by atoms with van der Waals surface area (Å²) >= 11 is 0. The Labute approximate surface area is 189 Å². The van der Waals surface area contributed by atoms with E-state index >= 15 is 0 Å². The largest absolute Gasteiger partial charge is 0.465 e. The van der Waals surface area contributed by atoms with Gasteiger partial charge in [-0.25, -0.2) is 0 Å². The maximum absolute atomic E-state index is 12.4. The number of carbonyl (C=O) groups excluding carboxylic acids is 2. The number of benzene rings is 1. The fourth-order valence-electron chi connectivity index (χ4n) is 5.02. The van der Waals surface area contributed by atoms with E-state index in [2.05, 4.69) is 33.0 Å². The number of aromatic nitrogens is 1. The van der Waals surface area contributed by atoms with E-state index in [9.17, 15) is 9.59 Å². The molecule has 1 aromatic carbocycles. The third-order valence-corrected chi connectivity index (χ3v) is 7.11. The monoisotopic (exact) mass is 434 g/mol. The lowest BCUT2D eigenvalue weighted by Crippen LogP contribution is -2.54. The molecule has 32 heavy (non-hydrogen) atoms. The number of fused-ring (bicyclic) bond motifs is 1. The number of carbonyl (C=O) groups is 2. The van der Waals surface area contributed by atoms with Gasteiger partial charge in [-0.05, 0) is 55.5 Å². The number of esters is 1. The predicted octanol–water partition coefficient (Wildman–Crippen LogP) is 2.88. The number of rotatable bonds is 5. The Bertz CT molecular complexity index is 1040. The second-order valence-electron chi connectivity index (χ2n) is 8.95. The van der Waals surface area contributed by atoms with Gasteiger partial charge in [0, 0.05) is 57.1 Å². The molecular formula is C25H30N4O3. The highest BCUT2D eigenvalue weighted by Crippen LogP contribution is 2.43. The zero-order valence-corrected chi connectivity index (χ0v) is 18.8. The van der Waals surface area contributed by atoms with Crippen molar-refractivity contribution in [1.29, 1.82) is 0 Å². The van der Waals surface area contributed by atoms with Gasteiger partial charge in [0.05, 0.1) is 18.5 Å². The summed E-state index contributed by atoms with van der Waals surface area (Å²) in [4.78, 5) is 35.3. The number of hydrogen-bond donors (Lipinski definition) is 0. The quantitative estimate of drug-likeness (QED) is 0.675. The van der Waals surface area contributed by atoms with E-state index in [1.165, 1.54) is 5.56 Å². The summed E-state index contributed by atoms with van der Waals surface area (Å²) in [5.41, 5.74) is 5.14. The lowest BCUT2D eigenvalue weighted by molar-refractivity contribution is -0.151. The molecule has 2 fully saturated rings. The van der Waals surface area contributed by atoms with Crippen LogP contribution in [0.15, 0.2) is 36.7 Å². The van der Waals surface area contributed by atoms with Crippen LogP contribution in [0.5, 0.6) is 0 Å². The molecule has 5 rings (SSSR count). The second-order valence-corrected chi connectivity index (χ2v) is 8.95. The zero-order chi connectivity index (χ0) is 22.3. The first-order chi connectivity index (χ1) is 15.5. The highest BCUT2D eigenvalue weighted by molar-refractivity contribution is 5.96. The van der Waals surface area contributed by atoms with Crippen molar-refractivity contribution < 1.29 is 14.3 Å². The number of piperazine rings is 1. The zero-order valence-electron chi connectivity index (χ0n) is 18.8. The summed E-state index contributed by atoms with van der Waals surface area (Å²) in [6.07, 6.45) is 6.97. The van der Waals surface area contributed by atoms with Crippen molar-refractivity contribution in [2.75, 3.05) is 49.6 Å². The molecule has 7 heteroatoms. The summed E-state index contributed by atoms with van der Waals surface area (Å²) < 4.78 is 5.32. The summed E-state index contributed by atoms with van der Waals surface area (Å²) in [5.74, 6) is 0.112. The molecule has 3 aliphatic rings. The maximum Gasteiger partial charge on any atom is 0.326 e. The van der Waals surface area contributed by atoms with Gasteiger partial charge in [-0.1, -0.05) is 6.07 Å². The molecule has 0 bridgehead atoms. The minimum Gasteiger partial charge on any atom is -0.465 e. The summed E-state index contributed by atoms with van der Waals surface area (Å²) in [5, 5.41) is 0. The van der Waals surface area contributed by atoms with Crippen LogP contribution >= 0.6 is 0 Å². The number of amides is 1. The third-order valence-electron chi connectivity index (χ3n) is 7.11. The Morgan fingerprint density at radius 2 is 1.84 bits per heavy atom. The number of ether oxygens (including phenoxy) is 1. The van der Waals surface area contributed by atoms with Crippen LogP contribution in [0.25, 0.3) is 11.1 Å². The first-order valence-electron chi connectivity index (χ1n) is 11.5. The van der Waals surface area contributed by atoms with Crippen molar-refractivity contribution in [3.63, 3.8) is 0 Å². The van der Waals surface area contributed by atoms with Crippen molar-refractivity contribution in [2.24, 2.45) is 0 Å². The Morgan fingerprint density at radius 3 is 2.56 bits per heavy atom. The van der Waals surface area contributed by atoms with Crippen LogP contribution in [0, 0.1) is 0 Å². The molecule has 2 aliphatic heterocycles. The summed E-state index contributed by atoms with van der Waals surface area (Å²) in [6.45, 7) is 5.73. The molecule has 0 atom stereocenters. The Morgan fingerprint density at radius 1 is 1.06 bits per heavy atom. The van der Waals surface area contributed by atoms with E-state index in [1.807, 2.05) is 32.4 Å². The topological polar surface area (TPSA) is 66.0 Å². The summed E-state index contributed by atoms with van der Waals surface area (Å²) in [6, 6.07) is 8.49. The highest BCUT2D eigenvalue weighted by atomic mass is 16.5. The van der Waals surface area contributed by atoms with E-state index in [-0.39, 0.29) is 17.4 Å². The van der Waals surface area contributed by atoms with Crippen molar-refractivity contribution in [3.8, 4) is 11.1 Å². The molecular weight excluding hydrogens is 404 g/mol. The molecule has 3 heterocycles. The molecule has 1 saturated heterocycles. The second kappa shape index (κ2) is 8.20. The van der Waals surface area contributed by atoms with Crippen molar-refractivity contribution in [1.82, 2.24) is 9.88 Å². The van der Waals surface area contributed by atoms with Gasteiger partial charge in [0.25, 0.3) is 0 Å². The fourth-order valence-corrected chi connectivity index (χ4v) is 5.02. The van der Waals surface area contributed by atoms with Crippen LogP contribution in [0.2, 0.25) is 0 Å². The average Bonchev–Trinajstić information content (AvgIpc) is 3.64. The highest BCUT2D eigenvalue weighted by Gasteiger charge is 2.56. The molecule has 0 radical (unpaired) electrons. The van der Waals surface area contributed by atoms with E-state index in [4.69, 9.17) is 4.74 Å². The lowest BCUT2D eigenvalue weighted by atomic mass is 9.96. The van der Waals surface area contributed by atoms with Crippen LogP contribution in [-0.2, 0) is 20.7 Å². The molecule has 0 spiro atoms. The smallest absolute Gasteiger partial charge is 0.326 e. The molecule has 2 aromatic rings. The van der Waals surface area contributed by atoms with Crippen LogP contribution in [-0.4, -0.2) is 67.1 Å². The molecule has 1 aromatic heterocycles. The van der Waals surface area contributed by atoms with Crippen molar-refractivity contribution in [2.45, 2.75) is 38.1 Å². The number of pyridine rings is 1.